The lowest BCUT2D eigenvalue weighted by Gasteiger charge is -2.12. The number of rotatable bonds is 9. The molecule has 174 valence electrons. The summed E-state index contributed by atoms with van der Waals surface area (Å²) in [6.07, 6.45) is 0.623. The predicted octanol–water partition coefficient (Wildman–Crippen LogP) is 6.60. The van der Waals surface area contributed by atoms with Gasteiger partial charge in [-0.3, -0.25) is 10.1 Å². The number of benzene rings is 2. The molecule has 1 N–H and O–H groups in total. The molecule has 1 aromatic heterocycles. The minimum Gasteiger partial charge on any atom is -0.494 e. The molecular weight excluding hydrogens is 464 g/mol. The molecule has 3 rings (SSSR count). The molecule has 0 amide bonds. The Hall–Kier alpha value is -2.97. The molecule has 0 aliphatic rings. The summed E-state index contributed by atoms with van der Waals surface area (Å²) in [6, 6.07) is 10.0. The number of nitro groups is 1. The summed E-state index contributed by atoms with van der Waals surface area (Å²) in [7, 11) is 0. The molecule has 9 heteroatoms. The van der Waals surface area contributed by atoms with Gasteiger partial charge in [0.25, 0.3) is 5.69 Å². The van der Waals surface area contributed by atoms with E-state index >= 15 is 0 Å². The van der Waals surface area contributed by atoms with Gasteiger partial charge in [-0.2, -0.15) is 0 Å². The molecule has 3 aromatic rings. The molecule has 33 heavy (non-hydrogen) atoms. The average molecular weight is 489 g/mol. The van der Waals surface area contributed by atoms with Crippen molar-refractivity contribution in [3.05, 3.63) is 79.6 Å². The number of ether oxygens (including phenoxy) is 1. The Balaban J connectivity index is 1.75. The van der Waals surface area contributed by atoms with Crippen molar-refractivity contribution < 1.29 is 19.6 Å². The Kier molecular flexibility index (Phi) is 7.71. The smallest absolute Gasteiger partial charge is 0.352 e. The summed E-state index contributed by atoms with van der Waals surface area (Å²) < 4.78 is 7.67. The van der Waals surface area contributed by atoms with Gasteiger partial charge in [0.1, 0.15) is 11.4 Å². The van der Waals surface area contributed by atoms with Crippen LogP contribution >= 0.6 is 23.4 Å². The van der Waals surface area contributed by atoms with Crippen molar-refractivity contribution in [3.63, 3.8) is 0 Å². The van der Waals surface area contributed by atoms with Gasteiger partial charge in [0.2, 0.25) is 0 Å². The molecule has 0 saturated carbocycles. The quantitative estimate of drug-likeness (QED) is 0.207. The molecule has 0 aliphatic carbocycles. The van der Waals surface area contributed by atoms with Crippen LogP contribution in [0, 0.1) is 37.8 Å². The average Bonchev–Trinajstić information content (AvgIpc) is 2.99. The number of carboxylic acid groups (broad SMARTS) is 1. The van der Waals surface area contributed by atoms with E-state index in [0.717, 1.165) is 37.4 Å². The van der Waals surface area contributed by atoms with Crippen molar-refractivity contribution in [3.8, 4) is 5.75 Å². The van der Waals surface area contributed by atoms with E-state index in [1.165, 1.54) is 23.9 Å². The van der Waals surface area contributed by atoms with Crippen molar-refractivity contribution in [1.29, 1.82) is 0 Å². The fourth-order valence-corrected chi connectivity index (χ4v) is 4.86. The van der Waals surface area contributed by atoms with Gasteiger partial charge < -0.3 is 14.4 Å². The summed E-state index contributed by atoms with van der Waals surface area (Å²) >= 11 is 7.61. The minimum absolute atomic E-state index is 0.0164. The van der Waals surface area contributed by atoms with E-state index in [1.54, 1.807) is 23.6 Å². The Morgan fingerprint density at radius 1 is 1.15 bits per heavy atom. The van der Waals surface area contributed by atoms with Crippen LogP contribution in [-0.4, -0.2) is 27.2 Å². The number of aromatic nitrogens is 1. The number of aryl methyl sites for hydroxylation is 2. The summed E-state index contributed by atoms with van der Waals surface area (Å²) in [4.78, 5) is 24.1. The lowest BCUT2D eigenvalue weighted by Crippen LogP contribution is -2.13. The van der Waals surface area contributed by atoms with E-state index in [1.807, 2.05) is 32.9 Å². The largest absolute Gasteiger partial charge is 0.494 e. The maximum absolute atomic E-state index is 12.0. The minimum atomic E-state index is -0.990. The summed E-state index contributed by atoms with van der Waals surface area (Å²) in [6.45, 7) is 8.45. The first-order valence-corrected chi connectivity index (χ1v) is 11.5. The lowest BCUT2D eigenvalue weighted by atomic mass is 10.1. The first-order chi connectivity index (χ1) is 15.6. The van der Waals surface area contributed by atoms with Gasteiger partial charge in [0.05, 0.1) is 11.5 Å². The number of aromatic carboxylic acids is 1. The van der Waals surface area contributed by atoms with E-state index in [0.29, 0.717) is 25.1 Å². The Bertz CT molecular complexity index is 1180. The first kappa shape index (κ1) is 24.7. The molecule has 0 bridgehead atoms. The van der Waals surface area contributed by atoms with Gasteiger partial charge in [-0.25, -0.2) is 4.79 Å². The molecule has 0 aliphatic heterocycles. The van der Waals surface area contributed by atoms with E-state index in [2.05, 4.69) is 0 Å². The van der Waals surface area contributed by atoms with Crippen LogP contribution < -0.4 is 4.74 Å². The summed E-state index contributed by atoms with van der Waals surface area (Å²) in [5, 5.41) is 21.4. The van der Waals surface area contributed by atoms with Crippen LogP contribution in [0.25, 0.3) is 0 Å². The topological polar surface area (TPSA) is 94.6 Å². The van der Waals surface area contributed by atoms with Crippen LogP contribution in [0.1, 0.15) is 39.3 Å². The van der Waals surface area contributed by atoms with E-state index < -0.39 is 10.9 Å². The predicted molar refractivity (Wildman–Crippen MR) is 129 cm³/mol. The molecule has 0 fully saturated rings. The Labute approximate surface area is 201 Å². The van der Waals surface area contributed by atoms with Crippen molar-refractivity contribution in [2.45, 2.75) is 50.5 Å². The highest BCUT2D eigenvalue weighted by Gasteiger charge is 2.23. The van der Waals surface area contributed by atoms with Crippen LogP contribution in [0.2, 0.25) is 5.02 Å². The van der Waals surface area contributed by atoms with Gasteiger partial charge in [0, 0.05) is 39.2 Å². The van der Waals surface area contributed by atoms with Gasteiger partial charge in [-0.1, -0.05) is 23.4 Å². The Morgan fingerprint density at radius 3 is 2.30 bits per heavy atom. The van der Waals surface area contributed by atoms with Crippen LogP contribution in [0.15, 0.2) is 46.2 Å². The second kappa shape index (κ2) is 10.3. The molecule has 0 atom stereocenters. The number of hydrogen-bond acceptors (Lipinski definition) is 5. The molecule has 7 nitrogen and oxygen atoms in total. The molecule has 0 radical (unpaired) electrons. The van der Waals surface area contributed by atoms with E-state index in [-0.39, 0.29) is 11.4 Å². The fraction of sp³-hybridized carbons (Fsp3) is 0.292. The van der Waals surface area contributed by atoms with Crippen molar-refractivity contribution in [2.75, 3.05) is 6.61 Å². The number of carboxylic acids is 1. The zero-order valence-corrected chi connectivity index (χ0v) is 20.4. The Morgan fingerprint density at radius 2 is 1.76 bits per heavy atom. The number of hydrogen-bond donors (Lipinski definition) is 1. The molecule has 2 aromatic carbocycles. The number of nitro benzene ring substituents is 1. The maximum Gasteiger partial charge on any atom is 0.352 e. The highest BCUT2D eigenvalue weighted by molar-refractivity contribution is 7.99. The SMILES string of the molecule is Cc1cc(OCCCn2c(C)c(Sc3ccc([N+](=O)[O-])cc3)c(C)c2C(=O)O)cc(C)c1Cl. The zero-order valence-electron chi connectivity index (χ0n) is 18.8. The van der Waals surface area contributed by atoms with Crippen molar-refractivity contribution in [2.24, 2.45) is 0 Å². The third-order valence-corrected chi connectivity index (χ3v) is 7.28. The lowest BCUT2D eigenvalue weighted by molar-refractivity contribution is -0.384. The van der Waals surface area contributed by atoms with Gasteiger partial charge >= 0.3 is 5.97 Å². The second-order valence-electron chi connectivity index (χ2n) is 7.77. The number of carbonyl (C=O) groups is 1. The first-order valence-electron chi connectivity index (χ1n) is 10.3. The molecule has 1 heterocycles. The summed E-state index contributed by atoms with van der Waals surface area (Å²) in [5.74, 6) is -0.251. The monoisotopic (exact) mass is 488 g/mol. The third-order valence-electron chi connectivity index (χ3n) is 5.37. The number of nitrogens with zero attached hydrogens (tertiary/aromatic N) is 2. The maximum atomic E-state index is 12.0. The molecule has 0 saturated heterocycles. The standard InChI is InChI=1S/C24H25ClN2O5S/c1-14-12-19(13-15(2)21(14)25)32-11-5-10-26-17(4)23(16(3)22(26)24(28)29)33-20-8-6-18(7-9-20)27(30)31/h6-9,12-13H,5,10-11H2,1-4H3,(H,28,29). The van der Waals surface area contributed by atoms with Gasteiger partial charge in [-0.15, -0.1) is 0 Å². The number of halogens is 1. The van der Waals surface area contributed by atoms with Gasteiger partial charge in [0.15, 0.2) is 0 Å². The number of non-ortho nitro benzene ring substituents is 1. The molecule has 0 spiro atoms. The van der Waals surface area contributed by atoms with Crippen molar-refractivity contribution in [1.82, 2.24) is 4.57 Å². The van der Waals surface area contributed by atoms with Crippen LogP contribution in [0.5, 0.6) is 5.75 Å². The van der Waals surface area contributed by atoms with E-state index in [4.69, 9.17) is 16.3 Å². The third kappa shape index (κ3) is 5.51. The fourth-order valence-electron chi connectivity index (χ4n) is 3.73. The van der Waals surface area contributed by atoms with Crippen LogP contribution in [-0.2, 0) is 6.54 Å². The van der Waals surface area contributed by atoms with Crippen LogP contribution in [0.3, 0.4) is 0 Å². The molecule has 0 unspecified atom stereocenters. The molecular formula is C24H25ClN2O5S. The van der Waals surface area contributed by atoms with Gasteiger partial charge in [-0.05, 0) is 75.1 Å². The normalized spacial score (nSPS) is 10.9. The highest BCUT2D eigenvalue weighted by Crippen LogP contribution is 2.37. The second-order valence-corrected chi connectivity index (χ2v) is 9.23. The zero-order chi connectivity index (χ0) is 24.3. The summed E-state index contributed by atoms with van der Waals surface area (Å²) in [5.41, 5.74) is 3.67. The van der Waals surface area contributed by atoms with Crippen molar-refractivity contribution >= 4 is 35.0 Å². The van der Waals surface area contributed by atoms with Crippen LogP contribution in [0.4, 0.5) is 5.69 Å². The highest BCUT2D eigenvalue weighted by atomic mass is 35.5. The van der Waals surface area contributed by atoms with E-state index in [9.17, 15) is 20.0 Å².